The van der Waals surface area contributed by atoms with Gasteiger partial charge in [0.05, 0.1) is 5.75 Å². The molecule has 1 aromatic rings. The van der Waals surface area contributed by atoms with E-state index in [1.165, 1.54) is 18.2 Å². The van der Waals surface area contributed by atoms with Gasteiger partial charge in [-0.1, -0.05) is 12.1 Å². The van der Waals surface area contributed by atoms with Crippen molar-refractivity contribution in [2.45, 2.75) is 45.0 Å². The van der Waals surface area contributed by atoms with Crippen molar-refractivity contribution in [3.8, 4) is 0 Å². The molecule has 1 aromatic carbocycles. The third-order valence-electron chi connectivity index (χ3n) is 4.10. The molecule has 0 atom stereocenters. The van der Waals surface area contributed by atoms with Crippen LogP contribution in [0.3, 0.4) is 0 Å². The molecule has 0 bridgehead atoms. The highest BCUT2D eigenvalue weighted by Crippen LogP contribution is 2.19. The lowest BCUT2D eigenvalue weighted by molar-refractivity contribution is 0.0185. The zero-order valence-corrected chi connectivity index (χ0v) is 16.3. The molecule has 0 spiro atoms. The summed E-state index contributed by atoms with van der Waals surface area (Å²) in [6.07, 6.45) is 1.09. The van der Waals surface area contributed by atoms with E-state index < -0.39 is 21.4 Å². The molecule has 1 N–H and O–H groups in total. The van der Waals surface area contributed by atoms with Crippen molar-refractivity contribution in [1.29, 1.82) is 0 Å². The molecule has 0 radical (unpaired) electrons. The number of rotatable bonds is 5. The van der Waals surface area contributed by atoms with Gasteiger partial charge in [-0.3, -0.25) is 0 Å². The topological polar surface area (TPSA) is 75.7 Å². The smallest absolute Gasteiger partial charge is 0.410 e. The zero-order valence-electron chi connectivity index (χ0n) is 15.5. The second-order valence-corrected chi connectivity index (χ2v) is 9.46. The third kappa shape index (κ3) is 6.92. The lowest BCUT2D eigenvalue weighted by atomic mass is 9.97. The molecule has 26 heavy (non-hydrogen) atoms. The van der Waals surface area contributed by atoms with Crippen LogP contribution in [0.2, 0.25) is 0 Å². The number of nitrogens with zero attached hydrogens (tertiary/aromatic N) is 1. The maximum atomic E-state index is 13.2. The Morgan fingerprint density at radius 2 is 1.96 bits per heavy atom. The van der Waals surface area contributed by atoms with Gasteiger partial charge in [-0.05, 0) is 57.2 Å². The molecule has 146 valence electrons. The van der Waals surface area contributed by atoms with Crippen LogP contribution in [0.25, 0.3) is 0 Å². The monoisotopic (exact) mass is 386 g/mol. The molecule has 6 nitrogen and oxygen atoms in total. The van der Waals surface area contributed by atoms with Gasteiger partial charge in [0.1, 0.15) is 11.4 Å². The number of hydrogen-bond acceptors (Lipinski definition) is 4. The average Bonchev–Trinajstić information content (AvgIpc) is 2.51. The number of halogens is 1. The van der Waals surface area contributed by atoms with Gasteiger partial charge in [0.25, 0.3) is 0 Å². The number of carbonyl (C=O) groups is 1. The van der Waals surface area contributed by atoms with Gasteiger partial charge in [-0.2, -0.15) is 0 Å². The second-order valence-electron chi connectivity index (χ2n) is 7.65. The van der Waals surface area contributed by atoms with Gasteiger partial charge in [0.15, 0.2) is 0 Å². The van der Waals surface area contributed by atoms with Gasteiger partial charge in [-0.25, -0.2) is 22.3 Å². The fourth-order valence-corrected chi connectivity index (χ4v) is 4.00. The number of nitrogens with one attached hydrogen (secondary N) is 1. The zero-order chi connectivity index (χ0) is 19.4. The molecular formula is C18H27FN2O4S. The van der Waals surface area contributed by atoms with E-state index in [1.54, 1.807) is 11.0 Å². The number of sulfonamides is 1. The van der Waals surface area contributed by atoms with Crippen LogP contribution in [-0.4, -0.2) is 44.6 Å². The summed E-state index contributed by atoms with van der Waals surface area (Å²) in [7, 11) is -3.53. The summed E-state index contributed by atoms with van der Waals surface area (Å²) >= 11 is 0. The maximum absolute atomic E-state index is 13.2. The maximum Gasteiger partial charge on any atom is 0.410 e. The summed E-state index contributed by atoms with van der Waals surface area (Å²) in [6, 6.07) is 5.58. The van der Waals surface area contributed by atoms with E-state index >= 15 is 0 Å². The van der Waals surface area contributed by atoms with Crippen molar-refractivity contribution in [3.05, 3.63) is 35.6 Å². The quantitative estimate of drug-likeness (QED) is 0.844. The largest absolute Gasteiger partial charge is 0.444 e. The van der Waals surface area contributed by atoms with Crippen LogP contribution >= 0.6 is 0 Å². The van der Waals surface area contributed by atoms with E-state index in [-0.39, 0.29) is 17.8 Å². The highest BCUT2D eigenvalue weighted by molar-refractivity contribution is 7.88. The molecule has 8 heteroatoms. The minimum atomic E-state index is -3.53. The van der Waals surface area contributed by atoms with Crippen molar-refractivity contribution in [1.82, 2.24) is 9.62 Å². The Bertz CT molecular complexity index is 723. The fourth-order valence-electron chi connectivity index (χ4n) is 2.79. The first-order chi connectivity index (χ1) is 12.0. The van der Waals surface area contributed by atoms with Crippen LogP contribution in [0.15, 0.2) is 24.3 Å². The Balaban J connectivity index is 1.78. The Labute approximate surface area is 154 Å². The van der Waals surface area contributed by atoms with E-state index in [2.05, 4.69) is 4.72 Å². The van der Waals surface area contributed by atoms with E-state index in [1.807, 2.05) is 20.8 Å². The number of carbonyl (C=O) groups excluding carboxylic acids is 1. The lowest BCUT2D eigenvalue weighted by Crippen LogP contribution is -2.43. The molecule has 0 unspecified atom stereocenters. The molecule has 1 aliphatic heterocycles. The standard InChI is InChI=1S/C18H27FN2O4S/c1-18(2,3)25-17(22)21-9-7-14(8-10-21)12-20-26(23,24)13-15-5-4-6-16(19)11-15/h4-6,11,14,20H,7-10,12-13H2,1-3H3. The highest BCUT2D eigenvalue weighted by atomic mass is 32.2. The molecule has 1 heterocycles. The highest BCUT2D eigenvalue weighted by Gasteiger charge is 2.27. The van der Waals surface area contributed by atoms with Crippen LogP contribution < -0.4 is 4.72 Å². The number of piperidine rings is 1. The lowest BCUT2D eigenvalue weighted by Gasteiger charge is -2.33. The van der Waals surface area contributed by atoms with Crippen molar-refractivity contribution in [2.24, 2.45) is 5.92 Å². The average molecular weight is 386 g/mol. The summed E-state index contributed by atoms with van der Waals surface area (Å²) in [6.45, 7) is 6.89. The number of likely N-dealkylation sites (tertiary alicyclic amines) is 1. The normalized spacial score (nSPS) is 16.5. The Kier molecular flexibility index (Phi) is 6.63. The number of ether oxygens (including phenoxy) is 1. The van der Waals surface area contributed by atoms with Gasteiger partial charge in [-0.15, -0.1) is 0 Å². The van der Waals surface area contributed by atoms with E-state index in [9.17, 15) is 17.6 Å². The van der Waals surface area contributed by atoms with Crippen molar-refractivity contribution in [2.75, 3.05) is 19.6 Å². The van der Waals surface area contributed by atoms with Gasteiger partial charge >= 0.3 is 6.09 Å². The van der Waals surface area contributed by atoms with E-state index in [0.29, 0.717) is 38.0 Å². The first kappa shape index (κ1) is 20.6. The molecule has 0 saturated carbocycles. The summed E-state index contributed by atoms with van der Waals surface area (Å²) in [5, 5.41) is 0. The van der Waals surface area contributed by atoms with Crippen molar-refractivity contribution < 1.29 is 22.3 Å². The molecule has 1 fully saturated rings. The number of benzene rings is 1. The molecule has 0 aliphatic carbocycles. The summed E-state index contributed by atoms with van der Waals surface area (Å²) in [4.78, 5) is 13.7. The predicted molar refractivity (Wildman–Crippen MR) is 97.6 cm³/mol. The van der Waals surface area contributed by atoms with Gasteiger partial charge in [0.2, 0.25) is 10.0 Å². The molecule has 1 saturated heterocycles. The van der Waals surface area contributed by atoms with Crippen LogP contribution in [0, 0.1) is 11.7 Å². The van der Waals surface area contributed by atoms with Gasteiger partial charge in [0, 0.05) is 19.6 Å². The van der Waals surface area contributed by atoms with Crippen LogP contribution in [-0.2, 0) is 20.5 Å². The second kappa shape index (κ2) is 8.35. The Morgan fingerprint density at radius 3 is 2.54 bits per heavy atom. The van der Waals surface area contributed by atoms with Crippen molar-refractivity contribution in [3.63, 3.8) is 0 Å². The Morgan fingerprint density at radius 1 is 1.31 bits per heavy atom. The first-order valence-corrected chi connectivity index (χ1v) is 10.4. The third-order valence-corrected chi connectivity index (χ3v) is 5.42. The number of hydrogen-bond donors (Lipinski definition) is 1. The van der Waals surface area contributed by atoms with Crippen LogP contribution in [0.4, 0.5) is 9.18 Å². The molecule has 0 aromatic heterocycles. The van der Waals surface area contributed by atoms with Crippen LogP contribution in [0.1, 0.15) is 39.2 Å². The SMILES string of the molecule is CC(C)(C)OC(=O)N1CCC(CNS(=O)(=O)Cc2cccc(F)c2)CC1. The van der Waals surface area contributed by atoms with E-state index in [0.717, 1.165) is 0 Å². The summed E-state index contributed by atoms with van der Waals surface area (Å²) in [5.74, 6) is -0.537. The molecule has 1 aliphatic rings. The van der Waals surface area contributed by atoms with Gasteiger partial charge < -0.3 is 9.64 Å². The van der Waals surface area contributed by atoms with Crippen LogP contribution in [0.5, 0.6) is 0 Å². The number of amides is 1. The minimum Gasteiger partial charge on any atom is -0.444 e. The van der Waals surface area contributed by atoms with E-state index in [4.69, 9.17) is 4.74 Å². The minimum absolute atomic E-state index is 0.163. The summed E-state index contributed by atoms with van der Waals surface area (Å²) < 4.78 is 45.4. The fraction of sp³-hybridized carbons (Fsp3) is 0.611. The van der Waals surface area contributed by atoms with Crippen molar-refractivity contribution >= 4 is 16.1 Å². The molecule has 1 amide bonds. The Hall–Kier alpha value is -1.67. The molecular weight excluding hydrogens is 359 g/mol. The predicted octanol–water partition coefficient (Wildman–Crippen LogP) is 2.89. The first-order valence-electron chi connectivity index (χ1n) is 8.74. The molecule has 2 rings (SSSR count). The summed E-state index contributed by atoms with van der Waals surface area (Å²) in [5.41, 5.74) is -0.113.